The fourth-order valence-electron chi connectivity index (χ4n) is 2.73. The van der Waals surface area contributed by atoms with Gasteiger partial charge in [-0.3, -0.25) is 9.59 Å². The number of carbonyl (C=O) groups is 2. The lowest BCUT2D eigenvalue weighted by molar-refractivity contribution is -0.145. The highest BCUT2D eigenvalue weighted by Gasteiger charge is 2.34. The lowest BCUT2D eigenvalue weighted by atomic mass is 9.87. The predicted octanol–water partition coefficient (Wildman–Crippen LogP) is 3.18. The Morgan fingerprint density at radius 1 is 1.32 bits per heavy atom. The summed E-state index contributed by atoms with van der Waals surface area (Å²) in [4.78, 5) is 25.4. The summed E-state index contributed by atoms with van der Waals surface area (Å²) in [6.45, 7) is 2.62. The fraction of sp³-hybridized carbons (Fsp3) is 0.467. The molecule has 0 aliphatic carbocycles. The normalized spacial score (nSPS) is 21.5. The molecule has 2 atom stereocenters. The first-order valence-corrected chi connectivity index (χ1v) is 7.65. The van der Waals surface area contributed by atoms with Crippen LogP contribution in [0.25, 0.3) is 0 Å². The van der Waals surface area contributed by atoms with E-state index in [1.807, 2.05) is 6.92 Å². The van der Waals surface area contributed by atoms with Crippen LogP contribution in [-0.4, -0.2) is 42.1 Å². The van der Waals surface area contributed by atoms with Crippen LogP contribution >= 0.6 is 23.2 Å². The molecule has 0 bridgehead atoms. The van der Waals surface area contributed by atoms with E-state index in [9.17, 15) is 9.59 Å². The molecule has 1 heterocycles. The number of methoxy groups -OCH3 is 1. The highest BCUT2D eigenvalue weighted by atomic mass is 35.5. The molecule has 7 heteroatoms. The number of piperidine rings is 1. The first kappa shape index (κ1) is 16.9. The number of carboxylic acid groups (broad SMARTS) is 1. The van der Waals surface area contributed by atoms with Gasteiger partial charge in [0.2, 0.25) is 0 Å². The van der Waals surface area contributed by atoms with Crippen molar-refractivity contribution in [1.82, 2.24) is 4.90 Å². The van der Waals surface area contributed by atoms with Crippen molar-refractivity contribution in [3.8, 4) is 5.75 Å². The smallest absolute Gasteiger partial charge is 0.306 e. The van der Waals surface area contributed by atoms with Crippen LogP contribution in [0.1, 0.15) is 23.7 Å². The number of ether oxygens (including phenoxy) is 1. The van der Waals surface area contributed by atoms with Crippen molar-refractivity contribution in [3.05, 3.63) is 27.7 Å². The maximum Gasteiger partial charge on any atom is 0.306 e. The predicted molar refractivity (Wildman–Crippen MR) is 83.8 cm³/mol. The maximum absolute atomic E-state index is 12.7. The average molecular weight is 346 g/mol. The van der Waals surface area contributed by atoms with Gasteiger partial charge in [0, 0.05) is 19.2 Å². The molecule has 2 rings (SSSR count). The number of nitrogens with zero attached hydrogens (tertiary/aromatic N) is 1. The molecule has 0 radical (unpaired) electrons. The zero-order valence-corrected chi connectivity index (χ0v) is 13.8. The number of aliphatic carboxylic acids is 1. The molecular formula is C15H17Cl2NO4. The molecule has 120 valence electrons. The van der Waals surface area contributed by atoms with Crippen LogP contribution in [0.2, 0.25) is 10.0 Å². The summed E-state index contributed by atoms with van der Waals surface area (Å²) in [6.07, 6.45) is 0.436. The van der Waals surface area contributed by atoms with Gasteiger partial charge in [-0.05, 0) is 18.4 Å². The first-order chi connectivity index (χ1) is 10.3. The van der Waals surface area contributed by atoms with Gasteiger partial charge >= 0.3 is 5.97 Å². The Morgan fingerprint density at radius 3 is 2.50 bits per heavy atom. The van der Waals surface area contributed by atoms with Gasteiger partial charge in [0.25, 0.3) is 5.91 Å². The van der Waals surface area contributed by atoms with Gasteiger partial charge in [-0.1, -0.05) is 30.1 Å². The second-order valence-corrected chi connectivity index (χ2v) is 6.24. The molecule has 22 heavy (non-hydrogen) atoms. The molecule has 2 unspecified atom stereocenters. The molecule has 1 aliphatic rings. The Balaban J connectivity index is 2.23. The second-order valence-electron chi connectivity index (χ2n) is 5.43. The molecule has 1 amide bonds. The SMILES string of the molecule is COc1cc(Cl)c(Cl)cc1C(=O)N1CCC(C(=O)O)C(C)C1. The third-order valence-electron chi connectivity index (χ3n) is 3.98. The third kappa shape index (κ3) is 3.31. The molecule has 1 saturated heterocycles. The molecule has 1 aromatic carbocycles. The van der Waals surface area contributed by atoms with Crippen LogP contribution in [0.5, 0.6) is 5.75 Å². The molecule has 0 saturated carbocycles. The van der Waals surface area contributed by atoms with Gasteiger partial charge in [-0.25, -0.2) is 0 Å². The molecule has 5 nitrogen and oxygen atoms in total. The molecular weight excluding hydrogens is 329 g/mol. The van der Waals surface area contributed by atoms with Gasteiger partial charge in [-0.2, -0.15) is 0 Å². The molecule has 1 N–H and O–H groups in total. The highest BCUT2D eigenvalue weighted by molar-refractivity contribution is 6.42. The van der Waals surface area contributed by atoms with Crippen molar-refractivity contribution in [3.63, 3.8) is 0 Å². The van der Waals surface area contributed by atoms with E-state index < -0.39 is 11.9 Å². The van der Waals surface area contributed by atoms with E-state index in [0.29, 0.717) is 35.8 Å². The zero-order valence-electron chi connectivity index (χ0n) is 12.3. The van der Waals surface area contributed by atoms with E-state index >= 15 is 0 Å². The first-order valence-electron chi connectivity index (χ1n) is 6.90. The van der Waals surface area contributed by atoms with Crippen molar-refractivity contribution in [2.45, 2.75) is 13.3 Å². The largest absolute Gasteiger partial charge is 0.496 e. The maximum atomic E-state index is 12.7. The summed E-state index contributed by atoms with van der Waals surface area (Å²) in [5.74, 6) is -1.21. The van der Waals surface area contributed by atoms with Crippen molar-refractivity contribution >= 4 is 35.1 Å². The van der Waals surface area contributed by atoms with Crippen molar-refractivity contribution in [1.29, 1.82) is 0 Å². The number of carboxylic acids is 1. The minimum absolute atomic E-state index is 0.107. The Bertz CT molecular complexity index is 605. The molecule has 0 spiro atoms. The van der Waals surface area contributed by atoms with Crippen LogP contribution in [-0.2, 0) is 4.79 Å². The van der Waals surface area contributed by atoms with Crippen molar-refractivity contribution in [2.24, 2.45) is 11.8 Å². The monoisotopic (exact) mass is 345 g/mol. The Kier molecular flexibility index (Phi) is 5.19. The van der Waals surface area contributed by atoms with E-state index in [1.54, 1.807) is 4.90 Å². The summed E-state index contributed by atoms with van der Waals surface area (Å²) < 4.78 is 5.19. The average Bonchev–Trinajstić information content (AvgIpc) is 2.48. The van der Waals surface area contributed by atoms with Crippen LogP contribution in [0.15, 0.2) is 12.1 Å². The summed E-state index contributed by atoms with van der Waals surface area (Å²) in [7, 11) is 1.45. The van der Waals surface area contributed by atoms with E-state index in [2.05, 4.69) is 0 Å². The number of likely N-dealkylation sites (tertiary alicyclic amines) is 1. The number of rotatable bonds is 3. The Labute approximate surface area is 138 Å². The van der Waals surface area contributed by atoms with Crippen LogP contribution in [0.3, 0.4) is 0 Å². The minimum Gasteiger partial charge on any atom is -0.496 e. The molecule has 1 fully saturated rings. The standard InChI is InChI=1S/C15H17Cl2NO4/c1-8-7-18(4-3-9(8)15(20)21)14(19)10-5-11(16)12(17)6-13(10)22-2/h5-6,8-9H,3-4,7H2,1-2H3,(H,20,21). The quantitative estimate of drug-likeness (QED) is 0.913. The number of hydrogen-bond donors (Lipinski definition) is 1. The Morgan fingerprint density at radius 2 is 1.95 bits per heavy atom. The fourth-order valence-corrected chi connectivity index (χ4v) is 3.05. The third-order valence-corrected chi connectivity index (χ3v) is 4.70. The molecule has 1 aliphatic heterocycles. The minimum atomic E-state index is -0.813. The second kappa shape index (κ2) is 6.75. The zero-order chi connectivity index (χ0) is 16.4. The lowest BCUT2D eigenvalue weighted by Gasteiger charge is -2.35. The van der Waals surface area contributed by atoms with Crippen LogP contribution in [0, 0.1) is 11.8 Å². The van der Waals surface area contributed by atoms with Gasteiger partial charge in [-0.15, -0.1) is 0 Å². The topological polar surface area (TPSA) is 66.8 Å². The number of carbonyl (C=O) groups excluding carboxylic acids is 1. The van der Waals surface area contributed by atoms with E-state index in [4.69, 9.17) is 33.0 Å². The number of amides is 1. The Hall–Kier alpha value is -1.46. The molecule has 0 aromatic heterocycles. The van der Waals surface area contributed by atoms with Crippen molar-refractivity contribution < 1.29 is 19.4 Å². The summed E-state index contributed by atoms with van der Waals surface area (Å²) >= 11 is 11.9. The lowest BCUT2D eigenvalue weighted by Crippen LogP contribution is -2.45. The van der Waals surface area contributed by atoms with E-state index in [0.717, 1.165) is 0 Å². The number of halogens is 2. The van der Waals surface area contributed by atoms with Gasteiger partial charge in [0.15, 0.2) is 0 Å². The summed E-state index contributed by atoms with van der Waals surface area (Å²) in [5.41, 5.74) is 0.331. The van der Waals surface area contributed by atoms with Gasteiger partial charge < -0.3 is 14.7 Å². The van der Waals surface area contributed by atoms with Crippen LogP contribution in [0.4, 0.5) is 0 Å². The van der Waals surface area contributed by atoms with E-state index in [-0.39, 0.29) is 16.8 Å². The van der Waals surface area contributed by atoms with Crippen LogP contribution < -0.4 is 4.74 Å². The summed E-state index contributed by atoms with van der Waals surface area (Å²) in [5, 5.41) is 9.73. The van der Waals surface area contributed by atoms with Gasteiger partial charge in [0.05, 0.1) is 28.6 Å². The van der Waals surface area contributed by atoms with Gasteiger partial charge in [0.1, 0.15) is 5.75 Å². The summed E-state index contributed by atoms with van der Waals surface area (Å²) in [6, 6.07) is 2.99. The molecule has 1 aromatic rings. The van der Waals surface area contributed by atoms with Crippen molar-refractivity contribution in [2.75, 3.05) is 20.2 Å². The van der Waals surface area contributed by atoms with E-state index in [1.165, 1.54) is 19.2 Å². The highest BCUT2D eigenvalue weighted by Crippen LogP contribution is 2.32. The number of hydrogen-bond acceptors (Lipinski definition) is 3. The number of benzene rings is 1.